The van der Waals surface area contributed by atoms with Gasteiger partial charge in [0.05, 0.1) is 11.5 Å². The molecule has 28 heavy (non-hydrogen) atoms. The van der Waals surface area contributed by atoms with Gasteiger partial charge in [0.15, 0.2) is 6.61 Å². The summed E-state index contributed by atoms with van der Waals surface area (Å²) in [6.45, 7) is 3.68. The van der Waals surface area contributed by atoms with Gasteiger partial charge in [-0.1, -0.05) is 18.2 Å². The monoisotopic (exact) mass is 402 g/mol. The van der Waals surface area contributed by atoms with Crippen LogP contribution in [-0.4, -0.2) is 67.0 Å². The van der Waals surface area contributed by atoms with Gasteiger partial charge in [-0.05, 0) is 30.5 Å². The quantitative estimate of drug-likeness (QED) is 0.693. The first-order chi connectivity index (χ1) is 13.6. The Bertz CT molecular complexity index is 829. The Morgan fingerprint density at radius 2 is 1.71 bits per heavy atom. The summed E-state index contributed by atoms with van der Waals surface area (Å²) in [5.74, 6) is -0.446. The van der Waals surface area contributed by atoms with Crippen molar-refractivity contribution < 1.29 is 23.9 Å². The highest BCUT2D eigenvalue weighted by atomic mass is 32.1. The Morgan fingerprint density at radius 1 is 1.00 bits per heavy atom. The smallest absolute Gasteiger partial charge is 0.342 e. The van der Waals surface area contributed by atoms with Crippen molar-refractivity contribution in [2.45, 2.75) is 6.92 Å². The van der Waals surface area contributed by atoms with Gasteiger partial charge in [-0.25, -0.2) is 4.79 Å². The number of piperazine rings is 1. The fourth-order valence-corrected chi connectivity index (χ4v) is 3.62. The molecule has 2 aromatic rings. The molecule has 0 N–H and O–H groups in total. The van der Waals surface area contributed by atoms with Gasteiger partial charge in [0.2, 0.25) is 0 Å². The van der Waals surface area contributed by atoms with Crippen LogP contribution in [0.25, 0.3) is 0 Å². The number of thiophene rings is 1. The van der Waals surface area contributed by atoms with Gasteiger partial charge in [0.1, 0.15) is 11.3 Å². The lowest BCUT2D eigenvalue weighted by Crippen LogP contribution is -2.51. The first-order valence-electron chi connectivity index (χ1n) is 9.09. The van der Waals surface area contributed by atoms with Crippen LogP contribution in [0.4, 0.5) is 0 Å². The molecule has 1 aromatic heterocycles. The predicted octanol–water partition coefficient (Wildman–Crippen LogP) is 2.29. The average Bonchev–Trinajstić information content (AvgIpc) is 3.27. The normalized spacial score (nSPS) is 13.9. The third-order valence-corrected chi connectivity index (χ3v) is 5.24. The Hall–Kier alpha value is -2.87. The minimum Gasteiger partial charge on any atom is -0.493 e. The fourth-order valence-electron chi connectivity index (χ4n) is 2.93. The van der Waals surface area contributed by atoms with Crippen LogP contribution in [0.5, 0.6) is 5.75 Å². The minimum absolute atomic E-state index is 0.0129. The van der Waals surface area contributed by atoms with Crippen LogP contribution in [0, 0.1) is 0 Å². The minimum atomic E-state index is -0.594. The van der Waals surface area contributed by atoms with Gasteiger partial charge in [0, 0.05) is 26.2 Å². The maximum absolute atomic E-state index is 12.4. The summed E-state index contributed by atoms with van der Waals surface area (Å²) in [5, 5.41) is 1.87. The molecular formula is C20H22N2O5S. The first kappa shape index (κ1) is 19.9. The molecule has 2 amide bonds. The number of carbonyl (C=O) groups excluding carboxylic acids is 3. The molecule has 1 aliphatic rings. The number of para-hydroxylation sites is 1. The number of hydrogen-bond donors (Lipinski definition) is 0. The summed E-state index contributed by atoms with van der Waals surface area (Å²) in [6.07, 6.45) is 0. The zero-order valence-electron chi connectivity index (χ0n) is 15.6. The van der Waals surface area contributed by atoms with E-state index in [1.807, 2.05) is 18.4 Å². The zero-order valence-corrected chi connectivity index (χ0v) is 16.4. The molecule has 1 saturated heterocycles. The van der Waals surface area contributed by atoms with E-state index in [1.54, 1.807) is 40.1 Å². The van der Waals surface area contributed by atoms with Crippen LogP contribution >= 0.6 is 11.3 Å². The van der Waals surface area contributed by atoms with E-state index in [-0.39, 0.29) is 18.4 Å². The van der Waals surface area contributed by atoms with Crippen LogP contribution in [0.1, 0.15) is 27.0 Å². The maximum Gasteiger partial charge on any atom is 0.342 e. The van der Waals surface area contributed by atoms with Crippen molar-refractivity contribution in [3.8, 4) is 5.75 Å². The molecular weight excluding hydrogens is 380 g/mol. The van der Waals surface area contributed by atoms with Crippen LogP contribution in [0.15, 0.2) is 41.8 Å². The Balaban J connectivity index is 1.48. The molecule has 0 saturated carbocycles. The second-order valence-corrected chi connectivity index (χ2v) is 7.10. The Morgan fingerprint density at radius 3 is 2.39 bits per heavy atom. The molecule has 7 nitrogen and oxygen atoms in total. The number of nitrogens with zero attached hydrogens (tertiary/aromatic N) is 2. The standard InChI is InChI=1S/C20H22N2O5S/c1-2-26-16-7-4-3-6-15(16)20(25)27-14-18(23)21-9-11-22(12-10-21)19(24)17-8-5-13-28-17/h3-8,13H,2,9-12,14H2,1H3. The van der Waals surface area contributed by atoms with E-state index in [0.29, 0.717) is 49.0 Å². The molecule has 1 aromatic carbocycles. The summed E-state index contributed by atoms with van der Waals surface area (Å²) < 4.78 is 10.6. The number of rotatable bonds is 6. The van der Waals surface area contributed by atoms with Gasteiger partial charge < -0.3 is 19.3 Å². The van der Waals surface area contributed by atoms with Crippen molar-refractivity contribution in [2.24, 2.45) is 0 Å². The number of carbonyl (C=O) groups is 3. The van der Waals surface area contributed by atoms with E-state index in [2.05, 4.69) is 0 Å². The second kappa shape index (κ2) is 9.36. The molecule has 1 fully saturated rings. The van der Waals surface area contributed by atoms with Crippen molar-refractivity contribution >= 4 is 29.1 Å². The van der Waals surface area contributed by atoms with Gasteiger partial charge in [-0.2, -0.15) is 0 Å². The van der Waals surface area contributed by atoms with Gasteiger partial charge in [-0.3, -0.25) is 9.59 Å². The second-order valence-electron chi connectivity index (χ2n) is 6.16. The van der Waals surface area contributed by atoms with Crippen LogP contribution in [0.3, 0.4) is 0 Å². The molecule has 0 unspecified atom stereocenters. The van der Waals surface area contributed by atoms with Crippen molar-refractivity contribution in [1.82, 2.24) is 9.80 Å². The highest BCUT2D eigenvalue weighted by molar-refractivity contribution is 7.12. The Labute approximate surface area is 167 Å². The first-order valence-corrected chi connectivity index (χ1v) is 9.97. The summed E-state index contributed by atoms with van der Waals surface area (Å²) in [5.41, 5.74) is 0.295. The molecule has 1 aliphatic heterocycles. The van der Waals surface area contributed by atoms with Gasteiger partial charge in [0.25, 0.3) is 11.8 Å². The number of esters is 1. The van der Waals surface area contributed by atoms with E-state index < -0.39 is 5.97 Å². The summed E-state index contributed by atoms with van der Waals surface area (Å²) in [6, 6.07) is 10.4. The molecule has 0 radical (unpaired) electrons. The number of benzene rings is 1. The fraction of sp³-hybridized carbons (Fsp3) is 0.350. The van der Waals surface area contributed by atoms with Gasteiger partial charge >= 0.3 is 5.97 Å². The number of hydrogen-bond acceptors (Lipinski definition) is 6. The van der Waals surface area contributed by atoms with Crippen molar-refractivity contribution in [3.63, 3.8) is 0 Å². The molecule has 2 heterocycles. The lowest BCUT2D eigenvalue weighted by molar-refractivity contribution is -0.136. The van der Waals surface area contributed by atoms with Crippen LogP contribution in [0.2, 0.25) is 0 Å². The molecule has 0 atom stereocenters. The molecule has 8 heteroatoms. The number of amides is 2. The largest absolute Gasteiger partial charge is 0.493 e. The zero-order chi connectivity index (χ0) is 19.9. The highest BCUT2D eigenvalue weighted by Crippen LogP contribution is 2.19. The van der Waals surface area contributed by atoms with Crippen LogP contribution < -0.4 is 4.74 Å². The molecule has 3 rings (SSSR count). The van der Waals surface area contributed by atoms with E-state index in [9.17, 15) is 14.4 Å². The molecule has 0 aliphatic carbocycles. The van der Waals surface area contributed by atoms with E-state index in [0.717, 1.165) is 0 Å². The Kier molecular flexibility index (Phi) is 6.65. The topological polar surface area (TPSA) is 76.2 Å². The molecule has 0 bridgehead atoms. The number of ether oxygens (including phenoxy) is 2. The molecule has 0 spiro atoms. The van der Waals surface area contributed by atoms with E-state index in [4.69, 9.17) is 9.47 Å². The predicted molar refractivity (Wildman–Crippen MR) is 105 cm³/mol. The van der Waals surface area contributed by atoms with Crippen LogP contribution in [-0.2, 0) is 9.53 Å². The lowest BCUT2D eigenvalue weighted by Gasteiger charge is -2.34. The third-order valence-electron chi connectivity index (χ3n) is 4.39. The van der Waals surface area contributed by atoms with Crippen molar-refractivity contribution in [3.05, 3.63) is 52.2 Å². The summed E-state index contributed by atoms with van der Waals surface area (Å²) in [4.78, 5) is 41.0. The maximum atomic E-state index is 12.4. The van der Waals surface area contributed by atoms with Crippen molar-refractivity contribution in [2.75, 3.05) is 39.4 Å². The van der Waals surface area contributed by atoms with E-state index >= 15 is 0 Å². The average molecular weight is 402 g/mol. The highest BCUT2D eigenvalue weighted by Gasteiger charge is 2.26. The third kappa shape index (κ3) is 4.69. The summed E-state index contributed by atoms with van der Waals surface area (Å²) in [7, 11) is 0. The SMILES string of the molecule is CCOc1ccccc1C(=O)OCC(=O)N1CCN(C(=O)c2cccs2)CC1. The van der Waals surface area contributed by atoms with Crippen molar-refractivity contribution in [1.29, 1.82) is 0 Å². The summed E-state index contributed by atoms with van der Waals surface area (Å²) >= 11 is 1.41. The van der Waals surface area contributed by atoms with E-state index in [1.165, 1.54) is 11.3 Å². The lowest BCUT2D eigenvalue weighted by atomic mass is 10.2. The molecule has 148 valence electrons. The van der Waals surface area contributed by atoms with Gasteiger partial charge in [-0.15, -0.1) is 11.3 Å².